The fraction of sp³-hybridized carbons (Fsp3) is 0.588. The van der Waals surface area contributed by atoms with Crippen molar-refractivity contribution in [1.29, 1.82) is 0 Å². The molecule has 2 aliphatic rings. The van der Waals surface area contributed by atoms with Crippen molar-refractivity contribution < 1.29 is 17.9 Å². The van der Waals surface area contributed by atoms with Crippen molar-refractivity contribution in [2.75, 3.05) is 32.8 Å². The number of sulfonamides is 1. The van der Waals surface area contributed by atoms with Gasteiger partial charge in [-0.25, -0.2) is 8.42 Å². The molecule has 3 rings (SSSR count). The van der Waals surface area contributed by atoms with Crippen molar-refractivity contribution in [3.05, 3.63) is 29.3 Å². The highest BCUT2D eigenvalue weighted by atomic mass is 32.2. The zero-order chi connectivity index (χ0) is 18.0. The molecule has 0 radical (unpaired) electrons. The largest absolute Gasteiger partial charge is 0.379 e. The highest BCUT2D eigenvalue weighted by molar-refractivity contribution is 7.89. The summed E-state index contributed by atoms with van der Waals surface area (Å²) in [5.41, 5.74) is 7.12. The van der Waals surface area contributed by atoms with E-state index >= 15 is 0 Å². The number of ether oxygens (including phenoxy) is 1. The zero-order valence-corrected chi connectivity index (χ0v) is 15.2. The monoisotopic (exact) mass is 367 g/mol. The van der Waals surface area contributed by atoms with Gasteiger partial charge in [-0.2, -0.15) is 4.31 Å². The standard InChI is InChI=1S/C17H25N3O4S/c1-12-2-5-14(25(22,23)20-6-8-24-9-7-20)10-15(12)17(21)19-11-16(18)13-3-4-13/h2,5,10,13,16H,3-4,6-9,11,18H2,1H3,(H,19,21). The Balaban J connectivity index is 1.76. The Morgan fingerprint density at radius 2 is 2.04 bits per heavy atom. The Hall–Kier alpha value is -1.48. The molecule has 1 aliphatic carbocycles. The van der Waals surface area contributed by atoms with Gasteiger partial charge in [0.25, 0.3) is 5.91 Å². The summed E-state index contributed by atoms with van der Waals surface area (Å²) in [6.07, 6.45) is 2.23. The van der Waals surface area contributed by atoms with E-state index in [2.05, 4.69) is 5.32 Å². The maximum Gasteiger partial charge on any atom is 0.251 e. The minimum Gasteiger partial charge on any atom is -0.379 e. The first-order valence-corrected chi connectivity index (χ1v) is 10.1. The van der Waals surface area contributed by atoms with Crippen molar-refractivity contribution in [1.82, 2.24) is 9.62 Å². The molecule has 1 amide bonds. The molecular weight excluding hydrogens is 342 g/mol. The maximum atomic E-state index is 12.8. The summed E-state index contributed by atoms with van der Waals surface area (Å²) in [4.78, 5) is 12.6. The van der Waals surface area contributed by atoms with Gasteiger partial charge in [-0.15, -0.1) is 0 Å². The second-order valence-corrected chi connectivity index (χ2v) is 8.64. The molecule has 2 fully saturated rings. The smallest absolute Gasteiger partial charge is 0.251 e. The molecule has 7 nitrogen and oxygen atoms in total. The fourth-order valence-corrected chi connectivity index (χ4v) is 4.37. The summed E-state index contributed by atoms with van der Waals surface area (Å²) in [6.45, 7) is 3.63. The van der Waals surface area contributed by atoms with E-state index in [4.69, 9.17) is 10.5 Å². The normalized spacial score (nSPS) is 20.2. The minimum atomic E-state index is -3.62. The van der Waals surface area contributed by atoms with Gasteiger partial charge in [0.05, 0.1) is 18.1 Å². The van der Waals surface area contributed by atoms with Crippen LogP contribution >= 0.6 is 0 Å². The molecule has 25 heavy (non-hydrogen) atoms. The van der Waals surface area contributed by atoms with Crippen LogP contribution in [0, 0.1) is 12.8 Å². The lowest BCUT2D eigenvalue weighted by Crippen LogP contribution is -2.41. The summed E-state index contributed by atoms with van der Waals surface area (Å²) < 4.78 is 32.1. The fourth-order valence-electron chi connectivity index (χ4n) is 2.94. The molecule has 1 atom stereocenters. The number of carbonyl (C=O) groups is 1. The van der Waals surface area contributed by atoms with E-state index in [-0.39, 0.29) is 16.8 Å². The Kier molecular flexibility index (Phi) is 5.43. The third kappa shape index (κ3) is 4.20. The molecule has 8 heteroatoms. The van der Waals surface area contributed by atoms with Gasteiger partial charge in [0.2, 0.25) is 10.0 Å². The predicted molar refractivity (Wildman–Crippen MR) is 93.8 cm³/mol. The average molecular weight is 367 g/mol. The predicted octanol–water partition coefficient (Wildman–Crippen LogP) is 0.483. The molecule has 1 unspecified atom stereocenters. The van der Waals surface area contributed by atoms with Crippen molar-refractivity contribution in [2.45, 2.75) is 30.7 Å². The number of nitrogens with one attached hydrogen (secondary N) is 1. The molecule has 1 saturated carbocycles. The molecule has 1 aliphatic heterocycles. The van der Waals surface area contributed by atoms with Crippen LogP contribution in [0.25, 0.3) is 0 Å². The number of carbonyl (C=O) groups excluding carboxylic acids is 1. The van der Waals surface area contributed by atoms with Crippen molar-refractivity contribution in [3.63, 3.8) is 0 Å². The summed E-state index contributed by atoms with van der Waals surface area (Å²) in [5, 5.41) is 2.83. The summed E-state index contributed by atoms with van der Waals surface area (Å²) >= 11 is 0. The van der Waals surface area contributed by atoms with Gasteiger partial charge in [-0.3, -0.25) is 4.79 Å². The van der Waals surface area contributed by atoms with Crippen LogP contribution in [0.3, 0.4) is 0 Å². The van der Waals surface area contributed by atoms with Crippen LogP contribution < -0.4 is 11.1 Å². The van der Waals surface area contributed by atoms with Crippen LogP contribution in [0.5, 0.6) is 0 Å². The highest BCUT2D eigenvalue weighted by Gasteiger charge is 2.29. The van der Waals surface area contributed by atoms with Crippen LogP contribution in [0.4, 0.5) is 0 Å². The molecule has 1 aromatic carbocycles. The molecule has 0 aromatic heterocycles. The van der Waals surface area contributed by atoms with E-state index < -0.39 is 10.0 Å². The first-order valence-electron chi connectivity index (χ1n) is 8.62. The minimum absolute atomic E-state index is 0.0375. The van der Waals surface area contributed by atoms with E-state index in [1.54, 1.807) is 19.1 Å². The van der Waals surface area contributed by atoms with Gasteiger partial charge >= 0.3 is 0 Å². The Bertz CT molecular complexity index is 740. The number of benzene rings is 1. The molecule has 138 valence electrons. The van der Waals surface area contributed by atoms with Crippen LogP contribution in [0.15, 0.2) is 23.1 Å². The second kappa shape index (κ2) is 7.41. The number of nitrogens with two attached hydrogens (primary N) is 1. The number of rotatable bonds is 6. The molecule has 0 spiro atoms. The van der Waals surface area contributed by atoms with Gasteiger partial charge in [-0.05, 0) is 43.4 Å². The van der Waals surface area contributed by atoms with Gasteiger partial charge in [0, 0.05) is 31.2 Å². The second-order valence-electron chi connectivity index (χ2n) is 6.70. The number of amides is 1. The summed E-state index contributed by atoms with van der Waals surface area (Å²) in [7, 11) is -3.62. The van der Waals surface area contributed by atoms with E-state index in [9.17, 15) is 13.2 Å². The maximum absolute atomic E-state index is 12.8. The Labute approximate surface area is 148 Å². The molecule has 1 saturated heterocycles. The Morgan fingerprint density at radius 3 is 2.68 bits per heavy atom. The lowest BCUT2D eigenvalue weighted by atomic mass is 10.1. The van der Waals surface area contributed by atoms with Gasteiger partial charge in [0.1, 0.15) is 0 Å². The summed E-state index contributed by atoms with van der Waals surface area (Å²) in [5.74, 6) is 0.210. The van der Waals surface area contributed by atoms with Crippen LogP contribution in [0.1, 0.15) is 28.8 Å². The van der Waals surface area contributed by atoms with Crippen LogP contribution in [-0.2, 0) is 14.8 Å². The molecular formula is C17H25N3O4S. The topological polar surface area (TPSA) is 102 Å². The van der Waals surface area contributed by atoms with E-state index in [1.807, 2.05) is 0 Å². The van der Waals surface area contributed by atoms with Gasteiger partial charge in [0.15, 0.2) is 0 Å². The molecule has 3 N–H and O–H groups in total. The van der Waals surface area contributed by atoms with Gasteiger partial charge in [-0.1, -0.05) is 6.07 Å². The first kappa shape index (κ1) is 18.3. The highest BCUT2D eigenvalue weighted by Crippen LogP contribution is 2.31. The molecule has 0 bridgehead atoms. The van der Waals surface area contributed by atoms with E-state index in [1.165, 1.54) is 10.4 Å². The molecule has 1 heterocycles. The third-order valence-electron chi connectivity index (χ3n) is 4.79. The average Bonchev–Trinajstić information content (AvgIpc) is 3.45. The summed E-state index contributed by atoms with van der Waals surface area (Å²) in [6, 6.07) is 4.64. The number of morpholine rings is 1. The number of aryl methyl sites for hydroxylation is 1. The van der Waals surface area contributed by atoms with Crippen molar-refractivity contribution in [3.8, 4) is 0 Å². The quantitative estimate of drug-likeness (QED) is 0.762. The zero-order valence-electron chi connectivity index (χ0n) is 14.4. The van der Waals surface area contributed by atoms with E-state index in [0.29, 0.717) is 44.3 Å². The van der Waals surface area contributed by atoms with Gasteiger partial charge < -0.3 is 15.8 Å². The number of nitrogens with zero attached hydrogens (tertiary/aromatic N) is 1. The lowest BCUT2D eigenvalue weighted by Gasteiger charge is -2.26. The lowest BCUT2D eigenvalue weighted by molar-refractivity contribution is 0.0730. The first-order chi connectivity index (χ1) is 11.9. The number of hydrogen-bond acceptors (Lipinski definition) is 5. The molecule has 1 aromatic rings. The third-order valence-corrected chi connectivity index (χ3v) is 6.68. The number of hydrogen-bond donors (Lipinski definition) is 2. The van der Waals surface area contributed by atoms with Crippen LogP contribution in [-0.4, -0.2) is 57.5 Å². The Morgan fingerprint density at radius 1 is 1.36 bits per heavy atom. The SMILES string of the molecule is Cc1ccc(S(=O)(=O)N2CCOCC2)cc1C(=O)NCC(N)C1CC1. The van der Waals surface area contributed by atoms with Crippen LogP contribution in [0.2, 0.25) is 0 Å². The van der Waals surface area contributed by atoms with Crippen molar-refractivity contribution in [2.24, 2.45) is 11.7 Å². The van der Waals surface area contributed by atoms with Crippen molar-refractivity contribution >= 4 is 15.9 Å². The van der Waals surface area contributed by atoms with E-state index in [0.717, 1.165) is 18.4 Å².